The Hall–Kier alpha value is -2.66. The maximum Gasteiger partial charge on any atom is 0.257 e. The van der Waals surface area contributed by atoms with E-state index in [-0.39, 0.29) is 24.5 Å². The standard InChI is InChI=1S/C26H32N2O3/c1-18-13-15-26(16-14-18)28(25(30)22-12-8-7-9-19(22)2)23(17-31-26)24(29)27-20(3)21-10-5-4-6-11-21/h4-12,18,20,23H,13-17H2,1-3H3,(H,27,29)/t18?,20-,23+,26?/m1/s1. The van der Waals surface area contributed by atoms with E-state index in [9.17, 15) is 9.59 Å². The lowest BCUT2D eigenvalue weighted by atomic mass is 9.83. The minimum Gasteiger partial charge on any atom is -0.353 e. The summed E-state index contributed by atoms with van der Waals surface area (Å²) < 4.78 is 6.29. The summed E-state index contributed by atoms with van der Waals surface area (Å²) >= 11 is 0. The molecule has 1 saturated heterocycles. The number of benzene rings is 2. The lowest BCUT2D eigenvalue weighted by molar-refractivity contribution is -0.128. The van der Waals surface area contributed by atoms with E-state index in [2.05, 4.69) is 12.2 Å². The van der Waals surface area contributed by atoms with Gasteiger partial charge in [0.1, 0.15) is 11.8 Å². The summed E-state index contributed by atoms with van der Waals surface area (Å²) in [4.78, 5) is 28.9. The van der Waals surface area contributed by atoms with Crippen LogP contribution >= 0.6 is 0 Å². The first-order valence-electron chi connectivity index (χ1n) is 11.3. The van der Waals surface area contributed by atoms with Crippen LogP contribution in [0.5, 0.6) is 0 Å². The highest BCUT2D eigenvalue weighted by atomic mass is 16.5. The van der Waals surface area contributed by atoms with Crippen molar-refractivity contribution in [1.82, 2.24) is 10.2 Å². The molecule has 0 aromatic heterocycles. The maximum absolute atomic E-state index is 13.8. The lowest BCUT2D eigenvalue weighted by Gasteiger charge is -2.43. The highest BCUT2D eigenvalue weighted by molar-refractivity contribution is 5.99. The Morgan fingerprint density at radius 2 is 1.71 bits per heavy atom. The van der Waals surface area contributed by atoms with Crippen LogP contribution in [-0.4, -0.2) is 35.1 Å². The molecule has 2 fully saturated rings. The fourth-order valence-corrected chi connectivity index (χ4v) is 4.86. The van der Waals surface area contributed by atoms with Crippen LogP contribution in [0.4, 0.5) is 0 Å². The first kappa shape index (κ1) is 21.6. The van der Waals surface area contributed by atoms with Gasteiger partial charge in [0.15, 0.2) is 0 Å². The largest absolute Gasteiger partial charge is 0.353 e. The molecule has 2 aromatic rings. The number of ether oxygens (including phenoxy) is 1. The number of hydrogen-bond donors (Lipinski definition) is 1. The molecule has 0 unspecified atom stereocenters. The molecule has 0 radical (unpaired) electrons. The van der Waals surface area contributed by atoms with Crippen LogP contribution in [0.15, 0.2) is 54.6 Å². The van der Waals surface area contributed by atoms with Crippen LogP contribution in [0.3, 0.4) is 0 Å². The quantitative estimate of drug-likeness (QED) is 0.785. The van der Waals surface area contributed by atoms with Gasteiger partial charge in [0.05, 0.1) is 12.6 Å². The molecule has 0 bridgehead atoms. The molecular weight excluding hydrogens is 388 g/mol. The van der Waals surface area contributed by atoms with Crippen LogP contribution in [0, 0.1) is 12.8 Å². The minimum absolute atomic E-state index is 0.113. The van der Waals surface area contributed by atoms with Crippen molar-refractivity contribution in [3.05, 3.63) is 71.3 Å². The van der Waals surface area contributed by atoms with Crippen LogP contribution < -0.4 is 5.32 Å². The Morgan fingerprint density at radius 3 is 2.39 bits per heavy atom. The average molecular weight is 421 g/mol. The van der Waals surface area contributed by atoms with Gasteiger partial charge < -0.3 is 10.1 Å². The van der Waals surface area contributed by atoms with Crippen LogP contribution in [0.25, 0.3) is 0 Å². The normalized spacial score (nSPS) is 26.6. The molecule has 5 heteroatoms. The van der Waals surface area contributed by atoms with Crippen LogP contribution in [0.1, 0.15) is 67.1 Å². The van der Waals surface area contributed by atoms with E-state index < -0.39 is 11.8 Å². The molecule has 4 rings (SSSR count). The monoisotopic (exact) mass is 420 g/mol. The van der Waals surface area contributed by atoms with Crippen molar-refractivity contribution < 1.29 is 14.3 Å². The Kier molecular flexibility index (Phi) is 6.15. The molecule has 1 heterocycles. The van der Waals surface area contributed by atoms with Gasteiger partial charge in [0, 0.05) is 5.56 Å². The molecule has 1 aliphatic heterocycles. The van der Waals surface area contributed by atoms with E-state index in [1.165, 1.54) is 0 Å². The van der Waals surface area contributed by atoms with Gasteiger partial charge in [-0.05, 0) is 62.6 Å². The van der Waals surface area contributed by atoms with Crippen LogP contribution in [-0.2, 0) is 9.53 Å². The SMILES string of the molecule is Cc1ccccc1C(=O)N1[C@H](C(=O)N[C@H](C)c2ccccc2)COC12CCC(C)CC2. The number of hydrogen-bond acceptors (Lipinski definition) is 3. The number of carbonyl (C=O) groups is 2. The first-order chi connectivity index (χ1) is 14.9. The van der Waals surface area contributed by atoms with E-state index in [0.29, 0.717) is 11.5 Å². The molecule has 2 aliphatic rings. The molecule has 164 valence electrons. The Balaban J connectivity index is 1.62. The zero-order valence-corrected chi connectivity index (χ0v) is 18.6. The van der Waals surface area contributed by atoms with E-state index in [1.807, 2.05) is 68.4 Å². The smallest absolute Gasteiger partial charge is 0.257 e. The molecular formula is C26H32N2O3. The first-order valence-corrected chi connectivity index (χ1v) is 11.3. The highest BCUT2D eigenvalue weighted by Gasteiger charge is 2.53. The summed E-state index contributed by atoms with van der Waals surface area (Å²) in [5, 5.41) is 3.11. The van der Waals surface area contributed by atoms with Gasteiger partial charge in [0.2, 0.25) is 5.91 Å². The zero-order chi connectivity index (χ0) is 22.0. The highest BCUT2D eigenvalue weighted by Crippen LogP contribution is 2.43. The summed E-state index contributed by atoms with van der Waals surface area (Å²) in [5.74, 6) is 0.335. The average Bonchev–Trinajstić information content (AvgIpc) is 3.15. The van der Waals surface area contributed by atoms with Crippen molar-refractivity contribution in [3.63, 3.8) is 0 Å². The molecule has 5 nitrogen and oxygen atoms in total. The van der Waals surface area contributed by atoms with Crippen molar-refractivity contribution >= 4 is 11.8 Å². The molecule has 2 amide bonds. The Bertz CT molecular complexity index is 935. The van der Waals surface area contributed by atoms with Crippen molar-refractivity contribution in [2.45, 2.75) is 64.3 Å². The van der Waals surface area contributed by atoms with Gasteiger partial charge in [-0.2, -0.15) is 0 Å². The number of amides is 2. The maximum atomic E-state index is 13.8. The third-order valence-corrected chi connectivity index (χ3v) is 6.87. The number of nitrogens with zero attached hydrogens (tertiary/aromatic N) is 1. The predicted octanol–water partition coefficient (Wildman–Crippen LogP) is 4.62. The van der Waals surface area contributed by atoms with Gasteiger partial charge in [-0.1, -0.05) is 55.5 Å². The number of carbonyl (C=O) groups excluding carboxylic acids is 2. The lowest BCUT2D eigenvalue weighted by Crippen LogP contribution is -2.57. The summed E-state index contributed by atoms with van der Waals surface area (Å²) in [6, 6.07) is 16.7. The molecule has 2 aromatic carbocycles. The van der Waals surface area contributed by atoms with Crippen molar-refractivity contribution in [1.29, 1.82) is 0 Å². The topological polar surface area (TPSA) is 58.6 Å². The summed E-state index contributed by atoms with van der Waals surface area (Å²) in [6.45, 7) is 6.38. The third kappa shape index (κ3) is 4.24. The fourth-order valence-electron chi connectivity index (χ4n) is 4.86. The Labute approximate surface area is 184 Å². The second-order valence-electron chi connectivity index (χ2n) is 9.09. The fraction of sp³-hybridized carbons (Fsp3) is 0.462. The second kappa shape index (κ2) is 8.83. The zero-order valence-electron chi connectivity index (χ0n) is 18.6. The van der Waals surface area contributed by atoms with Gasteiger partial charge in [0.25, 0.3) is 5.91 Å². The van der Waals surface area contributed by atoms with Crippen molar-refractivity contribution in [3.8, 4) is 0 Å². The van der Waals surface area contributed by atoms with E-state index in [1.54, 1.807) is 4.90 Å². The van der Waals surface area contributed by atoms with E-state index in [4.69, 9.17) is 4.74 Å². The number of aryl methyl sites for hydroxylation is 1. The van der Waals surface area contributed by atoms with E-state index >= 15 is 0 Å². The van der Waals surface area contributed by atoms with Gasteiger partial charge in [-0.25, -0.2) is 0 Å². The van der Waals surface area contributed by atoms with Crippen molar-refractivity contribution in [2.75, 3.05) is 6.61 Å². The third-order valence-electron chi connectivity index (χ3n) is 6.87. The molecule has 1 N–H and O–H groups in total. The second-order valence-corrected chi connectivity index (χ2v) is 9.09. The summed E-state index contributed by atoms with van der Waals surface area (Å²) in [6.07, 6.45) is 3.52. The number of rotatable bonds is 4. The van der Waals surface area contributed by atoms with Gasteiger partial charge >= 0.3 is 0 Å². The molecule has 1 aliphatic carbocycles. The molecule has 1 spiro atoms. The minimum atomic E-state index is -0.691. The predicted molar refractivity (Wildman–Crippen MR) is 120 cm³/mol. The van der Waals surface area contributed by atoms with E-state index in [0.717, 1.165) is 36.8 Å². The molecule has 31 heavy (non-hydrogen) atoms. The van der Waals surface area contributed by atoms with Crippen LogP contribution in [0.2, 0.25) is 0 Å². The molecule has 1 saturated carbocycles. The Morgan fingerprint density at radius 1 is 1.06 bits per heavy atom. The molecule has 2 atom stereocenters. The summed E-state index contributed by atoms with van der Waals surface area (Å²) in [5.41, 5.74) is 1.90. The van der Waals surface area contributed by atoms with Crippen molar-refractivity contribution in [2.24, 2.45) is 5.92 Å². The number of nitrogens with one attached hydrogen (secondary N) is 1. The van der Waals surface area contributed by atoms with Gasteiger partial charge in [-0.15, -0.1) is 0 Å². The van der Waals surface area contributed by atoms with Gasteiger partial charge in [-0.3, -0.25) is 14.5 Å². The summed E-state index contributed by atoms with van der Waals surface area (Å²) in [7, 11) is 0.